The van der Waals surface area contributed by atoms with Crippen LogP contribution < -0.4 is 0 Å². The van der Waals surface area contributed by atoms with E-state index in [4.69, 9.17) is 11.6 Å². The van der Waals surface area contributed by atoms with Gasteiger partial charge in [0.2, 0.25) is 0 Å². The van der Waals surface area contributed by atoms with Crippen LogP contribution in [0.5, 0.6) is 0 Å². The lowest BCUT2D eigenvalue weighted by molar-refractivity contribution is 0.787. The first-order chi connectivity index (χ1) is 10.7. The van der Waals surface area contributed by atoms with Gasteiger partial charge in [0, 0.05) is 30.4 Å². The minimum Gasteiger partial charge on any atom is -0.264 e. The van der Waals surface area contributed by atoms with E-state index in [9.17, 15) is 0 Å². The highest BCUT2D eigenvalue weighted by Gasteiger charge is 2.15. The van der Waals surface area contributed by atoms with E-state index in [-0.39, 0.29) is 0 Å². The highest BCUT2D eigenvalue weighted by molar-refractivity contribution is 7.19. The first-order valence-corrected chi connectivity index (χ1v) is 7.77. The molecule has 0 aromatic carbocycles. The first-order valence-electron chi connectivity index (χ1n) is 6.58. The third-order valence-electron chi connectivity index (χ3n) is 3.31. The fourth-order valence-electron chi connectivity index (χ4n) is 2.22. The average molecular weight is 328 g/mol. The van der Waals surface area contributed by atoms with Crippen LogP contribution >= 0.6 is 22.9 Å². The Labute approximate surface area is 135 Å². The standard InChI is InChI=1S/C15H10ClN5S/c1-21-14-9(8-18-21)4-5-11(19-14)12-13(16)20-15(22-12)10-3-2-6-17-7-10/h2-8H,1H3. The van der Waals surface area contributed by atoms with Gasteiger partial charge in [-0.05, 0) is 24.3 Å². The van der Waals surface area contributed by atoms with Gasteiger partial charge < -0.3 is 0 Å². The normalized spacial score (nSPS) is 11.2. The molecule has 0 aliphatic carbocycles. The zero-order valence-corrected chi connectivity index (χ0v) is 13.1. The molecule has 0 aliphatic heterocycles. The second-order valence-electron chi connectivity index (χ2n) is 4.76. The van der Waals surface area contributed by atoms with Crippen molar-refractivity contribution >= 4 is 34.0 Å². The molecule has 108 valence electrons. The van der Waals surface area contributed by atoms with Gasteiger partial charge in [0.25, 0.3) is 0 Å². The van der Waals surface area contributed by atoms with Crippen LogP contribution in [0.1, 0.15) is 0 Å². The number of aryl methyl sites for hydroxylation is 1. The molecule has 0 aliphatic rings. The molecule has 0 amide bonds. The number of pyridine rings is 2. The fraction of sp³-hybridized carbons (Fsp3) is 0.0667. The van der Waals surface area contributed by atoms with Crippen molar-refractivity contribution in [3.05, 3.63) is 48.0 Å². The van der Waals surface area contributed by atoms with E-state index in [1.807, 2.05) is 31.3 Å². The van der Waals surface area contributed by atoms with Gasteiger partial charge >= 0.3 is 0 Å². The molecule has 4 aromatic rings. The summed E-state index contributed by atoms with van der Waals surface area (Å²) in [6, 6.07) is 7.77. The van der Waals surface area contributed by atoms with E-state index in [1.165, 1.54) is 11.3 Å². The molecule has 0 spiro atoms. The molecule has 5 nitrogen and oxygen atoms in total. The summed E-state index contributed by atoms with van der Waals surface area (Å²) in [5, 5.41) is 6.50. The Morgan fingerprint density at radius 3 is 2.86 bits per heavy atom. The predicted octanol–water partition coefficient (Wildman–Crippen LogP) is 3.81. The number of nitrogens with zero attached hydrogens (tertiary/aromatic N) is 5. The minimum atomic E-state index is 0.456. The van der Waals surface area contributed by atoms with Crippen molar-refractivity contribution in [2.24, 2.45) is 7.05 Å². The molecule has 4 aromatic heterocycles. The molecule has 0 saturated carbocycles. The van der Waals surface area contributed by atoms with Crippen LogP contribution in [0, 0.1) is 0 Å². The summed E-state index contributed by atoms with van der Waals surface area (Å²) in [5.74, 6) is 0. The van der Waals surface area contributed by atoms with Crippen molar-refractivity contribution < 1.29 is 0 Å². The molecule has 0 fully saturated rings. The largest absolute Gasteiger partial charge is 0.264 e. The van der Waals surface area contributed by atoms with Gasteiger partial charge in [0.05, 0.1) is 16.8 Å². The lowest BCUT2D eigenvalue weighted by atomic mass is 10.3. The van der Waals surface area contributed by atoms with Gasteiger partial charge in [-0.1, -0.05) is 11.6 Å². The third-order valence-corrected chi connectivity index (χ3v) is 4.82. The lowest BCUT2D eigenvalue weighted by Gasteiger charge is -1.99. The molecule has 0 N–H and O–H groups in total. The van der Waals surface area contributed by atoms with Crippen LogP contribution in [-0.4, -0.2) is 24.7 Å². The number of hydrogen-bond acceptors (Lipinski definition) is 5. The molecule has 4 heterocycles. The summed E-state index contributed by atoms with van der Waals surface area (Å²) in [5.41, 5.74) is 2.57. The second-order valence-corrected chi connectivity index (χ2v) is 6.12. The smallest absolute Gasteiger partial charge is 0.158 e. The maximum Gasteiger partial charge on any atom is 0.158 e. The van der Waals surface area contributed by atoms with Crippen molar-refractivity contribution in [2.75, 3.05) is 0 Å². The first kappa shape index (κ1) is 13.4. The minimum absolute atomic E-state index is 0.456. The van der Waals surface area contributed by atoms with E-state index in [0.29, 0.717) is 5.15 Å². The Morgan fingerprint density at radius 1 is 1.14 bits per heavy atom. The van der Waals surface area contributed by atoms with Crippen LogP contribution in [0.2, 0.25) is 5.15 Å². The van der Waals surface area contributed by atoms with Gasteiger partial charge in [-0.25, -0.2) is 9.97 Å². The molecular formula is C15H10ClN5S. The van der Waals surface area contributed by atoms with Gasteiger partial charge in [0.15, 0.2) is 5.65 Å². The zero-order valence-electron chi connectivity index (χ0n) is 11.6. The highest BCUT2D eigenvalue weighted by atomic mass is 35.5. The predicted molar refractivity (Wildman–Crippen MR) is 87.9 cm³/mol. The maximum absolute atomic E-state index is 6.31. The van der Waals surface area contributed by atoms with Crippen molar-refractivity contribution in [1.82, 2.24) is 24.7 Å². The number of rotatable bonds is 2. The average Bonchev–Trinajstić information content (AvgIpc) is 3.12. The summed E-state index contributed by atoms with van der Waals surface area (Å²) < 4.78 is 1.75. The van der Waals surface area contributed by atoms with Crippen molar-refractivity contribution in [2.45, 2.75) is 0 Å². The van der Waals surface area contributed by atoms with E-state index in [0.717, 1.165) is 32.2 Å². The Morgan fingerprint density at radius 2 is 2.05 bits per heavy atom. The van der Waals surface area contributed by atoms with Crippen LogP contribution in [-0.2, 0) is 7.05 Å². The monoisotopic (exact) mass is 327 g/mol. The highest BCUT2D eigenvalue weighted by Crippen LogP contribution is 2.37. The molecule has 7 heteroatoms. The van der Waals surface area contributed by atoms with E-state index in [2.05, 4.69) is 20.1 Å². The molecular weight excluding hydrogens is 318 g/mol. The van der Waals surface area contributed by atoms with Gasteiger partial charge in [-0.3, -0.25) is 9.67 Å². The van der Waals surface area contributed by atoms with Crippen molar-refractivity contribution in [3.8, 4) is 21.1 Å². The Balaban J connectivity index is 1.84. The Bertz CT molecular complexity index is 961. The third kappa shape index (κ3) is 2.17. The van der Waals surface area contributed by atoms with E-state index >= 15 is 0 Å². The zero-order chi connectivity index (χ0) is 15.1. The van der Waals surface area contributed by atoms with Crippen LogP contribution in [0.15, 0.2) is 42.9 Å². The number of aromatic nitrogens is 5. The molecule has 4 rings (SSSR count). The van der Waals surface area contributed by atoms with E-state index < -0.39 is 0 Å². The quantitative estimate of drug-likeness (QED) is 0.562. The maximum atomic E-state index is 6.31. The molecule has 0 atom stereocenters. The summed E-state index contributed by atoms with van der Waals surface area (Å²) in [6.07, 6.45) is 5.30. The summed E-state index contributed by atoms with van der Waals surface area (Å²) in [7, 11) is 1.87. The number of fused-ring (bicyclic) bond motifs is 1. The van der Waals surface area contributed by atoms with Crippen LogP contribution in [0.25, 0.3) is 32.2 Å². The molecule has 0 radical (unpaired) electrons. The van der Waals surface area contributed by atoms with Gasteiger partial charge in [-0.2, -0.15) is 5.10 Å². The molecule has 22 heavy (non-hydrogen) atoms. The number of thiazole rings is 1. The molecule has 0 unspecified atom stereocenters. The second kappa shape index (κ2) is 5.15. The van der Waals surface area contributed by atoms with Crippen molar-refractivity contribution in [1.29, 1.82) is 0 Å². The Kier molecular flexibility index (Phi) is 3.13. The van der Waals surface area contributed by atoms with Gasteiger partial charge in [0.1, 0.15) is 10.2 Å². The van der Waals surface area contributed by atoms with Gasteiger partial charge in [-0.15, -0.1) is 11.3 Å². The lowest BCUT2D eigenvalue weighted by Crippen LogP contribution is -1.92. The van der Waals surface area contributed by atoms with Crippen LogP contribution in [0.3, 0.4) is 0 Å². The Hall–Kier alpha value is -2.31. The molecule has 0 bridgehead atoms. The summed E-state index contributed by atoms with van der Waals surface area (Å²) in [4.78, 5) is 14.0. The summed E-state index contributed by atoms with van der Waals surface area (Å²) >= 11 is 7.82. The number of hydrogen-bond donors (Lipinski definition) is 0. The SMILES string of the molecule is Cn1ncc2ccc(-c3sc(-c4cccnc4)nc3Cl)nc21. The van der Waals surface area contributed by atoms with Crippen molar-refractivity contribution in [3.63, 3.8) is 0 Å². The number of halogens is 1. The fourth-order valence-corrected chi connectivity index (χ4v) is 3.49. The molecule has 0 saturated heterocycles. The summed E-state index contributed by atoms with van der Waals surface area (Å²) in [6.45, 7) is 0. The van der Waals surface area contributed by atoms with E-state index in [1.54, 1.807) is 23.3 Å². The van der Waals surface area contributed by atoms with Crippen LogP contribution in [0.4, 0.5) is 0 Å². The topological polar surface area (TPSA) is 56.5 Å².